The third kappa shape index (κ3) is 5.15. The highest BCUT2D eigenvalue weighted by atomic mass is 16.5. The fraction of sp³-hybridized carbons (Fsp3) is 0.571. The van der Waals surface area contributed by atoms with Crippen LogP contribution in [0.25, 0.3) is 0 Å². The van der Waals surface area contributed by atoms with Crippen LogP contribution in [0.3, 0.4) is 0 Å². The van der Waals surface area contributed by atoms with Gasteiger partial charge in [-0.05, 0) is 75.8 Å². The van der Waals surface area contributed by atoms with E-state index in [1.807, 2.05) is 27.7 Å². The van der Waals surface area contributed by atoms with Gasteiger partial charge >= 0.3 is 0 Å². The molecule has 2 aromatic rings. The SMILES string of the molecule is CC.CC.Cc1ccc([C@@H]2NCCC[C@@]23C[C@H](c2cc(C)cc(C)c2C)CO3)cc1. The third-order valence-corrected chi connectivity index (χ3v) is 6.52. The van der Waals surface area contributed by atoms with Crippen molar-refractivity contribution in [2.24, 2.45) is 0 Å². The molecule has 2 aliphatic heterocycles. The first-order valence-corrected chi connectivity index (χ1v) is 12.0. The molecule has 2 saturated heterocycles. The highest BCUT2D eigenvalue weighted by Gasteiger charge is 2.48. The van der Waals surface area contributed by atoms with E-state index in [1.165, 1.54) is 39.8 Å². The van der Waals surface area contributed by atoms with Crippen LogP contribution < -0.4 is 5.32 Å². The van der Waals surface area contributed by atoms with E-state index in [1.54, 1.807) is 0 Å². The normalized spacial score (nSPS) is 25.2. The van der Waals surface area contributed by atoms with Gasteiger partial charge < -0.3 is 10.1 Å². The first-order valence-electron chi connectivity index (χ1n) is 12.0. The summed E-state index contributed by atoms with van der Waals surface area (Å²) in [4.78, 5) is 0. The maximum Gasteiger partial charge on any atom is 0.0883 e. The smallest absolute Gasteiger partial charge is 0.0883 e. The first kappa shape index (κ1) is 24.6. The Morgan fingerprint density at radius 1 is 0.900 bits per heavy atom. The second kappa shape index (κ2) is 11.1. The quantitative estimate of drug-likeness (QED) is 0.560. The topological polar surface area (TPSA) is 21.3 Å². The molecule has 2 heteroatoms. The predicted molar refractivity (Wildman–Crippen MR) is 131 cm³/mol. The van der Waals surface area contributed by atoms with Gasteiger partial charge in [-0.1, -0.05) is 75.2 Å². The Morgan fingerprint density at radius 3 is 2.23 bits per heavy atom. The minimum atomic E-state index is -0.0672. The molecule has 166 valence electrons. The van der Waals surface area contributed by atoms with Crippen LogP contribution in [0.5, 0.6) is 0 Å². The summed E-state index contributed by atoms with van der Waals surface area (Å²) in [6.45, 7) is 18.8. The zero-order valence-electron chi connectivity index (χ0n) is 20.6. The van der Waals surface area contributed by atoms with E-state index in [0.29, 0.717) is 12.0 Å². The van der Waals surface area contributed by atoms with Crippen molar-refractivity contribution in [2.45, 2.75) is 92.2 Å². The monoisotopic (exact) mass is 409 g/mol. The summed E-state index contributed by atoms with van der Waals surface area (Å²) in [5, 5.41) is 3.77. The molecular formula is C28H43NO. The van der Waals surface area contributed by atoms with Crippen molar-refractivity contribution in [1.29, 1.82) is 0 Å². The van der Waals surface area contributed by atoms with Crippen LogP contribution in [0, 0.1) is 27.7 Å². The van der Waals surface area contributed by atoms with Gasteiger partial charge in [0, 0.05) is 5.92 Å². The number of aryl methyl sites for hydroxylation is 3. The van der Waals surface area contributed by atoms with E-state index in [2.05, 4.69) is 69.4 Å². The van der Waals surface area contributed by atoms with Crippen LogP contribution >= 0.6 is 0 Å². The molecule has 0 aromatic heterocycles. The Hall–Kier alpha value is -1.64. The van der Waals surface area contributed by atoms with E-state index in [4.69, 9.17) is 4.74 Å². The lowest BCUT2D eigenvalue weighted by atomic mass is 9.76. The average Bonchev–Trinajstić information content (AvgIpc) is 3.18. The van der Waals surface area contributed by atoms with Crippen LogP contribution in [-0.2, 0) is 4.74 Å². The van der Waals surface area contributed by atoms with E-state index in [-0.39, 0.29) is 5.60 Å². The summed E-state index contributed by atoms with van der Waals surface area (Å²) in [6, 6.07) is 14.0. The van der Waals surface area contributed by atoms with Gasteiger partial charge in [-0.3, -0.25) is 0 Å². The van der Waals surface area contributed by atoms with E-state index >= 15 is 0 Å². The third-order valence-electron chi connectivity index (χ3n) is 6.52. The zero-order chi connectivity index (χ0) is 22.3. The maximum atomic E-state index is 6.62. The standard InChI is InChI=1S/C24H31NO.2C2H6/c1-16-6-8-20(9-7-16)23-24(10-5-11-25-23)14-21(15-26-24)22-13-17(2)12-18(3)19(22)4;2*1-2/h6-9,12-13,21,23,25H,5,10-11,14-15H2,1-4H3;2*1-2H3/t21-,23-,24+;;/m0../s1. The molecule has 3 atom stereocenters. The summed E-state index contributed by atoms with van der Waals surface area (Å²) >= 11 is 0. The molecule has 2 fully saturated rings. The molecule has 2 aromatic carbocycles. The molecule has 0 aliphatic carbocycles. The molecule has 4 rings (SSSR count). The molecule has 0 saturated carbocycles. The van der Waals surface area contributed by atoms with Gasteiger partial charge in [0.25, 0.3) is 0 Å². The molecule has 2 heterocycles. The van der Waals surface area contributed by atoms with Crippen LogP contribution in [-0.4, -0.2) is 18.8 Å². The van der Waals surface area contributed by atoms with Gasteiger partial charge in [-0.15, -0.1) is 0 Å². The summed E-state index contributed by atoms with van der Waals surface area (Å²) in [5.74, 6) is 0.501. The number of hydrogen-bond acceptors (Lipinski definition) is 2. The molecule has 0 bridgehead atoms. The van der Waals surface area contributed by atoms with Gasteiger partial charge in [0.2, 0.25) is 0 Å². The van der Waals surface area contributed by atoms with Crippen molar-refractivity contribution < 1.29 is 4.74 Å². The van der Waals surface area contributed by atoms with E-state index < -0.39 is 0 Å². The van der Waals surface area contributed by atoms with Crippen molar-refractivity contribution in [2.75, 3.05) is 13.2 Å². The van der Waals surface area contributed by atoms with E-state index in [0.717, 1.165) is 26.0 Å². The Kier molecular flexibility index (Phi) is 9.12. The fourth-order valence-corrected chi connectivity index (χ4v) is 5.02. The van der Waals surface area contributed by atoms with Crippen LogP contribution in [0.1, 0.15) is 92.3 Å². The van der Waals surface area contributed by atoms with Crippen LogP contribution in [0.15, 0.2) is 36.4 Å². The van der Waals surface area contributed by atoms with E-state index in [9.17, 15) is 0 Å². The van der Waals surface area contributed by atoms with Crippen LogP contribution in [0.4, 0.5) is 0 Å². The van der Waals surface area contributed by atoms with Gasteiger partial charge in [0.15, 0.2) is 0 Å². The minimum absolute atomic E-state index is 0.0672. The summed E-state index contributed by atoms with van der Waals surface area (Å²) < 4.78 is 6.62. The lowest BCUT2D eigenvalue weighted by Gasteiger charge is -2.42. The zero-order valence-corrected chi connectivity index (χ0v) is 20.6. The molecule has 0 amide bonds. The molecular weight excluding hydrogens is 366 g/mol. The summed E-state index contributed by atoms with van der Waals surface area (Å²) in [7, 11) is 0. The Morgan fingerprint density at radius 2 is 1.57 bits per heavy atom. The molecule has 2 aliphatic rings. The Labute approximate surface area is 185 Å². The number of benzene rings is 2. The number of hydrogen-bond donors (Lipinski definition) is 1. The van der Waals surface area contributed by atoms with Gasteiger partial charge in [0.05, 0.1) is 18.2 Å². The van der Waals surface area contributed by atoms with Crippen molar-refractivity contribution in [1.82, 2.24) is 5.32 Å². The minimum Gasteiger partial charge on any atom is -0.372 e. The second-order valence-corrected chi connectivity index (χ2v) is 8.47. The lowest BCUT2D eigenvalue weighted by Crippen LogP contribution is -2.48. The molecule has 0 unspecified atom stereocenters. The number of rotatable bonds is 2. The molecule has 2 nitrogen and oxygen atoms in total. The molecule has 1 N–H and O–H groups in total. The van der Waals surface area contributed by atoms with Gasteiger partial charge in [-0.2, -0.15) is 0 Å². The average molecular weight is 410 g/mol. The number of piperidine rings is 1. The molecule has 30 heavy (non-hydrogen) atoms. The van der Waals surface area contributed by atoms with Crippen LogP contribution in [0.2, 0.25) is 0 Å². The van der Waals surface area contributed by atoms with Crippen molar-refractivity contribution in [3.8, 4) is 0 Å². The Bertz CT molecular complexity index is 795. The lowest BCUT2D eigenvalue weighted by molar-refractivity contribution is -0.0484. The highest BCUT2D eigenvalue weighted by Crippen LogP contribution is 2.48. The largest absolute Gasteiger partial charge is 0.372 e. The second-order valence-electron chi connectivity index (χ2n) is 8.47. The predicted octanol–water partition coefficient (Wildman–Crippen LogP) is 7.34. The molecule has 1 spiro atoms. The van der Waals surface area contributed by atoms with Crippen molar-refractivity contribution in [3.63, 3.8) is 0 Å². The molecule has 0 radical (unpaired) electrons. The summed E-state index contributed by atoms with van der Waals surface area (Å²) in [6.07, 6.45) is 3.46. The van der Waals surface area contributed by atoms with Crippen molar-refractivity contribution >= 4 is 0 Å². The number of ether oxygens (including phenoxy) is 1. The van der Waals surface area contributed by atoms with Gasteiger partial charge in [0.1, 0.15) is 0 Å². The maximum absolute atomic E-state index is 6.62. The number of nitrogens with one attached hydrogen (secondary N) is 1. The fourth-order valence-electron chi connectivity index (χ4n) is 5.02. The van der Waals surface area contributed by atoms with Gasteiger partial charge in [-0.25, -0.2) is 0 Å². The Balaban J connectivity index is 0.000000757. The first-order chi connectivity index (χ1) is 14.5. The highest BCUT2D eigenvalue weighted by molar-refractivity contribution is 5.40. The summed E-state index contributed by atoms with van der Waals surface area (Å²) in [5.41, 5.74) is 8.31. The van der Waals surface area contributed by atoms with Crippen molar-refractivity contribution in [3.05, 3.63) is 69.8 Å².